The average Bonchev–Trinajstić information content (AvgIpc) is 4.07. The predicted molar refractivity (Wildman–Crippen MR) is 218 cm³/mol. The minimum absolute atomic E-state index is 0.108. The molecular formula is C44H50N8O6. The van der Waals surface area contributed by atoms with Crippen molar-refractivity contribution < 1.29 is 28.7 Å². The molecule has 0 radical (unpaired) electrons. The third kappa shape index (κ3) is 9.52. The van der Waals surface area contributed by atoms with E-state index in [0.717, 1.165) is 59.3 Å². The van der Waals surface area contributed by atoms with Gasteiger partial charge in [-0.25, -0.2) is 19.6 Å². The Bertz CT molecular complexity index is 2060. The van der Waals surface area contributed by atoms with Crippen LogP contribution in [0.3, 0.4) is 0 Å². The first kappa shape index (κ1) is 41.1. The number of carbonyl (C=O) groups is 4. The number of ether oxygens (including phenoxy) is 2. The van der Waals surface area contributed by atoms with Crippen LogP contribution >= 0.6 is 0 Å². The van der Waals surface area contributed by atoms with Gasteiger partial charge in [0.1, 0.15) is 23.7 Å². The van der Waals surface area contributed by atoms with Gasteiger partial charge in [-0.1, -0.05) is 63.8 Å². The highest BCUT2D eigenvalue weighted by Crippen LogP contribution is 2.34. The van der Waals surface area contributed by atoms with Crippen molar-refractivity contribution in [2.24, 2.45) is 11.8 Å². The summed E-state index contributed by atoms with van der Waals surface area (Å²) in [6, 6.07) is 13.8. The molecule has 58 heavy (non-hydrogen) atoms. The highest BCUT2D eigenvalue weighted by molar-refractivity contribution is 5.87. The van der Waals surface area contributed by atoms with E-state index in [1.165, 1.54) is 14.2 Å². The van der Waals surface area contributed by atoms with Crippen LogP contribution in [-0.2, 0) is 19.1 Å². The van der Waals surface area contributed by atoms with Gasteiger partial charge in [0.2, 0.25) is 11.8 Å². The number of aromatic nitrogens is 4. The third-order valence-electron chi connectivity index (χ3n) is 10.5. The largest absolute Gasteiger partial charge is 0.453 e. The molecule has 14 nitrogen and oxygen atoms in total. The van der Waals surface area contributed by atoms with Crippen molar-refractivity contribution in [1.82, 2.24) is 40.4 Å². The highest BCUT2D eigenvalue weighted by atomic mass is 16.5. The van der Waals surface area contributed by atoms with Crippen molar-refractivity contribution in [1.29, 1.82) is 0 Å². The Morgan fingerprint density at radius 3 is 1.38 bits per heavy atom. The van der Waals surface area contributed by atoms with E-state index in [2.05, 4.69) is 54.3 Å². The Kier molecular flexibility index (Phi) is 13.2. The number of benzene rings is 2. The summed E-state index contributed by atoms with van der Waals surface area (Å²) < 4.78 is 9.48. The minimum Gasteiger partial charge on any atom is -0.453 e. The number of aromatic amines is 2. The molecule has 2 fully saturated rings. The second kappa shape index (κ2) is 18.6. The molecule has 4 N–H and O–H groups in total. The molecule has 0 saturated carbocycles. The molecule has 4 amide bonds. The van der Waals surface area contributed by atoms with Crippen molar-refractivity contribution in [2.75, 3.05) is 27.3 Å². The number of alkyl carbamates (subject to hydrolysis) is 2. The average molecular weight is 787 g/mol. The standard InChI is InChI=1S/C44H50N8O6/c1-27(2)37(49-43(55)57-5)41(53)51-23-9-13-35(51)39-45-25-33(47-39)31-19-15-29(16-20-31)11-7-8-12-30-17-21-32(22-18-30)34-26-46-40(48-34)36-14-10-24-52(36)42(54)38(28(3)4)50-44(56)58-6/h15-22,25-28,35-38H,9-10,13-14,23-24H2,1-6H3,(H,45,47)(H,46,48)(H,49,55)(H,50,56)/t35-,36-,37-,38-/m0/s1. The number of hydrogen-bond acceptors (Lipinski definition) is 8. The van der Waals surface area contributed by atoms with Crippen LogP contribution in [0.25, 0.3) is 22.5 Å². The molecule has 14 heteroatoms. The van der Waals surface area contributed by atoms with Crippen LogP contribution < -0.4 is 10.6 Å². The number of nitrogens with zero attached hydrogens (tertiary/aromatic N) is 4. The van der Waals surface area contributed by atoms with Crippen LogP contribution in [0.1, 0.15) is 88.2 Å². The van der Waals surface area contributed by atoms with Gasteiger partial charge in [0.05, 0.1) is 50.1 Å². The molecule has 0 spiro atoms. The zero-order valence-electron chi connectivity index (χ0n) is 33.7. The zero-order chi connectivity index (χ0) is 41.3. The number of imidazole rings is 2. The lowest BCUT2D eigenvalue weighted by atomic mass is 10.0. The lowest BCUT2D eigenvalue weighted by molar-refractivity contribution is -0.136. The van der Waals surface area contributed by atoms with Gasteiger partial charge in [-0.15, -0.1) is 0 Å². The van der Waals surface area contributed by atoms with Crippen LogP contribution in [-0.4, -0.2) is 93.1 Å². The van der Waals surface area contributed by atoms with Crippen LogP contribution in [0.2, 0.25) is 0 Å². The molecule has 2 saturated heterocycles. The number of likely N-dealkylation sites (tertiary alicyclic amines) is 2. The fourth-order valence-corrected chi connectivity index (χ4v) is 7.36. The maximum Gasteiger partial charge on any atom is 0.407 e. The summed E-state index contributed by atoms with van der Waals surface area (Å²) in [6.45, 7) is 8.75. The Morgan fingerprint density at radius 1 is 0.655 bits per heavy atom. The first-order valence-corrected chi connectivity index (χ1v) is 19.6. The van der Waals surface area contributed by atoms with Crippen LogP contribution in [0.15, 0.2) is 60.9 Å². The van der Waals surface area contributed by atoms with Crippen LogP contribution in [0.5, 0.6) is 0 Å². The molecule has 2 aromatic heterocycles. The quantitative estimate of drug-likeness (QED) is 0.143. The van der Waals surface area contributed by atoms with E-state index in [1.807, 2.05) is 76.2 Å². The maximum absolute atomic E-state index is 13.5. The van der Waals surface area contributed by atoms with E-state index < -0.39 is 24.3 Å². The Labute approximate surface area is 338 Å². The molecular weight excluding hydrogens is 737 g/mol. The zero-order valence-corrected chi connectivity index (χ0v) is 33.7. The van der Waals surface area contributed by atoms with Gasteiger partial charge >= 0.3 is 12.2 Å². The van der Waals surface area contributed by atoms with Crippen molar-refractivity contribution >= 4 is 24.0 Å². The number of methoxy groups -OCH3 is 2. The molecule has 4 aromatic rings. The summed E-state index contributed by atoms with van der Waals surface area (Å²) in [5.74, 6) is 13.0. The van der Waals surface area contributed by atoms with E-state index in [4.69, 9.17) is 9.47 Å². The van der Waals surface area contributed by atoms with E-state index in [9.17, 15) is 19.2 Å². The third-order valence-corrected chi connectivity index (χ3v) is 10.5. The van der Waals surface area contributed by atoms with Gasteiger partial charge in [0.15, 0.2) is 0 Å². The number of nitrogens with one attached hydrogen (secondary N) is 4. The van der Waals surface area contributed by atoms with Crippen LogP contribution in [0, 0.1) is 35.5 Å². The second-order valence-corrected chi connectivity index (χ2v) is 15.1. The van der Waals surface area contributed by atoms with E-state index >= 15 is 0 Å². The maximum atomic E-state index is 13.5. The smallest absolute Gasteiger partial charge is 0.407 e. The van der Waals surface area contributed by atoms with E-state index in [-0.39, 0.29) is 35.7 Å². The van der Waals surface area contributed by atoms with Crippen LogP contribution in [0.4, 0.5) is 9.59 Å². The molecule has 0 aliphatic carbocycles. The fourth-order valence-electron chi connectivity index (χ4n) is 7.36. The van der Waals surface area contributed by atoms with Crippen molar-refractivity contribution in [3.8, 4) is 46.2 Å². The van der Waals surface area contributed by atoms with Crippen molar-refractivity contribution in [3.63, 3.8) is 0 Å². The molecule has 6 rings (SSSR count). The summed E-state index contributed by atoms with van der Waals surface area (Å²) >= 11 is 0. The summed E-state index contributed by atoms with van der Waals surface area (Å²) in [5.41, 5.74) is 5.16. The van der Waals surface area contributed by atoms with Crippen molar-refractivity contribution in [3.05, 3.63) is 83.7 Å². The summed E-state index contributed by atoms with van der Waals surface area (Å²) in [5, 5.41) is 5.36. The Morgan fingerprint density at radius 2 is 1.03 bits per heavy atom. The first-order valence-electron chi connectivity index (χ1n) is 19.6. The minimum atomic E-state index is -0.692. The molecule has 2 aromatic carbocycles. The lowest BCUT2D eigenvalue weighted by Gasteiger charge is -2.30. The van der Waals surface area contributed by atoms with Gasteiger partial charge in [0, 0.05) is 24.2 Å². The number of carbonyl (C=O) groups excluding carboxylic acids is 4. The predicted octanol–water partition coefficient (Wildman–Crippen LogP) is 5.96. The second-order valence-electron chi connectivity index (χ2n) is 15.1. The molecule has 2 aliphatic rings. The highest BCUT2D eigenvalue weighted by Gasteiger charge is 2.39. The first-order chi connectivity index (χ1) is 28.0. The normalized spacial score (nSPS) is 17.2. The van der Waals surface area contributed by atoms with Gasteiger partial charge in [-0.05, 0) is 84.8 Å². The summed E-state index contributed by atoms with van der Waals surface area (Å²) in [4.78, 5) is 70.4. The molecule has 0 unspecified atom stereocenters. The number of rotatable bonds is 10. The monoisotopic (exact) mass is 786 g/mol. The fraction of sp³-hybridized carbons (Fsp3) is 0.409. The molecule has 302 valence electrons. The molecule has 4 heterocycles. The van der Waals surface area contributed by atoms with Gasteiger partial charge in [0.25, 0.3) is 0 Å². The van der Waals surface area contributed by atoms with Crippen molar-refractivity contribution in [2.45, 2.75) is 77.5 Å². The molecule has 2 aliphatic heterocycles. The number of H-pyrrole nitrogens is 2. The van der Waals surface area contributed by atoms with Gasteiger partial charge in [-0.3, -0.25) is 9.59 Å². The number of hydrogen-bond donors (Lipinski definition) is 4. The van der Waals surface area contributed by atoms with E-state index in [0.29, 0.717) is 24.7 Å². The SMILES string of the molecule is COC(=O)N[C@H](C(=O)N1CCC[C@H]1c1ncc(-c2ccc(C#CC#Cc3ccc(-c4cnc([C@@H]5CCCN5C(=O)[C@@H](NC(=O)OC)C(C)C)[nH]4)cc3)cc2)[nH]1)C(C)C. The van der Waals surface area contributed by atoms with Gasteiger partial charge in [-0.2, -0.15) is 0 Å². The number of amides is 4. The topological polar surface area (TPSA) is 175 Å². The summed E-state index contributed by atoms with van der Waals surface area (Å²) in [7, 11) is 2.57. The molecule has 0 bridgehead atoms. The molecule has 4 atom stereocenters. The Hall–Kier alpha value is -6.54. The van der Waals surface area contributed by atoms with Gasteiger partial charge < -0.3 is 39.9 Å². The van der Waals surface area contributed by atoms with E-state index in [1.54, 1.807) is 22.2 Å². The summed E-state index contributed by atoms with van der Waals surface area (Å²) in [6.07, 6.45) is 5.52. The lowest BCUT2D eigenvalue weighted by Crippen LogP contribution is -2.51. The Balaban J connectivity index is 1.05.